The normalized spacial score (nSPS) is 16.7. The molecule has 21 nitrogen and oxygen atoms in total. The lowest BCUT2D eigenvalue weighted by atomic mass is 10.0. The number of ether oxygens (including phenoxy) is 2. The Hall–Kier alpha value is -10.5. The van der Waals surface area contributed by atoms with Gasteiger partial charge in [0.2, 0.25) is 6.43 Å². The summed E-state index contributed by atoms with van der Waals surface area (Å²) in [6.07, 6.45) is 5.48. The number of alkyl halides is 7. The van der Waals surface area contributed by atoms with Crippen molar-refractivity contribution >= 4 is 96.2 Å². The van der Waals surface area contributed by atoms with Gasteiger partial charge in [-0.2, -0.15) is 0 Å². The molecular formula is C83H93BrF6N14O7. The molecule has 3 atom stereocenters. The van der Waals surface area contributed by atoms with Gasteiger partial charge < -0.3 is 62.9 Å². The smallest absolute Gasteiger partial charge is 0.407 e. The molecule has 111 heavy (non-hydrogen) atoms. The Morgan fingerprint density at radius 2 is 0.892 bits per heavy atom. The molecule has 0 unspecified atom stereocenters. The molecule has 3 fully saturated rings. The molecule has 8 aromatic heterocycles. The third-order valence-corrected chi connectivity index (χ3v) is 20.4. The van der Waals surface area contributed by atoms with E-state index in [1.165, 1.54) is 16.7 Å². The minimum Gasteiger partial charge on any atom is -0.444 e. The number of pyridine rings is 3. The van der Waals surface area contributed by atoms with Crippen molar-refractivity contribution in [3.05, 3.63) is 191 Å². The van der Waals surface area contributed by atoms with Crippen LogP contribution in [0.15, 0.2) is 140 Å². The second-order valence-electron chi connectivity index (χ2n) is 30.5. The van der Waals surface area contributed by atoms with Crippen LogP contribution < -0.4 is 16.4 Å². The number of piperidine rings is 3. The van der Waals surface area contributed by atoms with Crippen molar-refractivity contribution < 1.29 is 59.8 Å². The summed E-state index contributed by atoms with van der Waals surface area (Å²) in [5.41, 5.74) is 19.8. The zero-order chi connectivity index (χ0) is 79.3. The number of carbonyl (C=O) groups excluding carboxylic acids is 5. The lowest BCUT2D eigenvalue weighted by Gasteiger charge is -2.33. The van der Waals surface area contributed by atoms with Gasteiger partial charge in [-0.1, -0.05) is 76.6 Å². The molecule has 11 heterocycles. The average molecular weight is 1590 g/mol. The van der Waals surface area contributed by atoms with Crippen molar-refractivity contribution in [2.75, 3.05) is 44.6 Å². The standard InChI is InChI=1S/C29H33F2N5O3.C28H32N4O3.C24H25F2N5O.C2H3BrF2/c1-18-26(23-14-19-8-5-6-10-22(19)36(23)17-24(30)31)33-25-15-20(11-13-35(18)25)27(37)34-12-7-9-21(16-34)32-28(38)39-29(2,3)4;1-18-25(22-14-19-8-5-6-9-20(19)15-22)30-24-16-21(11-13-32(18)24)26(33)31-12-7-10-23(17-31)29-27(34)35-28(2,3)4;1-15-23(20-11-16-5-2-3-7-19(16)31(20)14-21(25)26)28-22-12-17(8-10-30(15)22)24(32)29-9-4-6-18(27)13-29;3-1-2(4)5/h5-6,8,10-11,13-15,21,24H,7,9,12,16-17H2,1-4H3,(H,32,38);5-6,8-9,11,13-14,16,23H,7,10,12,15,17H2,1-4H3,(H,29,34);2-3,5,7-8,10-12,18,21H,4,6,9,13-14,27H2,1H3;2H,1H2/t21-;23-;18-;/m111./s1. The molecule has 1 aliphatic carbocycles. The van der Waals surface area contributed by atoms with Gasteiger partial charge in [0, 0.05) is 138 Å². The van der Waals surface area contributed by atoms with Gasteiger partial charge in [0.1, 0.15) is 39.5 Å². The lowest BCUT2D eigenvalue weighted by Crippen LogP contribution is -2.50. The van der Waals surface area contributed by atoms with Crippen LogP contribution in [0.2, 0.25) is 0 Å². The number of aryl methyl sites for hydroxylation is 3. The minimum absolute atomic E-state index is 0.00783. The van der Waals surface area contributed by atoms with Crippen LogP contribution in [0.3, 0.4) is 0 Å². The highest BCUT2D eigenvalue weighted by Gasteiger charge is 2.32. The first-order valence-corrected chi connectivity index (χ1v) is 38.4. The van der Waals surface area contributed by atoms with Crippen molar-refractivity contribution in [1.82, 2.24) is 62.6 Å². The number of allylic oxidation sites excluding steroid dienone is 1. The average Bonchev–Trinajstić information content (AvgIpc) is 1.61. The number of amides is 5. The summed E-state index contributed by atoms with van der Waals surface area (Å²) in [5.74, 6) is -0.253. The second-order valence-corrected chi connectivity index (χ2v) is 31.1. The molecule has 5 amide bonds. The molecule has 3 aromatic carbocycles. The zero-order valence-electron chi connectivity index (χ0n) is 63.6. The van der Waals surface area contributed by atoms with E-state index in [2.05, 4.69) is 63.8 Å². The highest BCUT2D eigenvalue weighted by Crippen LogP contribution is 2.36. The Kier molecular flexibility index (Phi) is 24.5. The third-order valence-electron chi connectivity index (χ3n) is 19.9. The topological polar surface area (TPSA) is 225 Å². The number of nitrogens with zero attached hydrogens (tertiary/aromatic N) is 11. The maximum atomic E-state index is 13.5. The molecule has 15 rings (SSSR count). The highest BCUT2D eigenvalue weighted by molar-refractivity contribution is 9.09. The maximum absolute atomic E-state index is 13.5. The lowest BCUT2D eigenvalue weighted by molar-refractivity contribution is 0.0446. The Morgan fingerprint density at radius 3 is 1.29 bits per heavy atom. The summed E-state index contributed by atoms with van der Waals surface area (Å²) in [7, 11) is 0. The molecule has 586 valence electrons. The number of aromatic nitrogens is 8. The number of benzene rings is 3. The summed E-state index contributed by atoms with van der Waals surface area (Å²) in [6.45, 7) is 19.3. The molecule has 11 aromatic rings. The fourth-order valence-corrected chi connectivity index (χ4v) is 14.9. The molecule has 3 saturated heterocycles. The molecule has 0 saturated carbocycles. The third kappa shape index (κ3) is 18.9. The number of rotatable bonds is 13. The number of imidazole rings is 3. The summed E-state index contributed by atoms with van der Waals surface area (Å²) >= 11 is 2.56. The van der Waals surface area contributed by atoms with Crippen LogP contribution in [-0.2, 0) is 29.0 Å². The van der Waals surface area contributed by atoms with E-state index in [9.17, 15) is 50.3 Å². The van der Waals surface area contributed by atoms with E-state index in [1.54, 1.807) is 70.2 Å². The van der Waals surface area contributed by atoms with E-state index in [0.717, 1.165) is 95.2 Å². The van der Waals surface area contributed by atoms with Crippen molar-refractivity contribution in [2.45, 2.75) is 169 Å². The van der Waals surface area contributed by atoms with E-state index in [4.69, 9.17) is 30.2 Å². The van der Waals surface area contributed by atoms with Gasteiger partial charge in [-0.25, -0.2) is 50.9 Å². The monoisotopic (exact) mass is 1590 g/mol. The maximum Gasteiger partial charge on any atom is 0.407 e. The van der Waals surface area contributed by atoms with Gasteiger partial charge in [0.15, 0.2) is 0 Å². The second kappa shape index (κ2) is 34.0. The van der Waals surface area contributed by atoms with Crippen molar-refractivity contribution in [3.8, 4) is 22.8 Å². The van der Waals surface area contributed by atoms with E-state index in [1.807, 2.05) is 138 Å². The summed E-state index contributed by atoms with van der Waals surface area (Å²) in [6, 6.07) is 37.5. The number of alkyl carbamates (subject to hydrolysis) is 2. The number of nitrogens with two attached hydrogens (primary N) is 1. The van der Waals surface area contributed by atoms with Crippen LogP contribution in [0.1, 0.15) is 145 Å². The fourth-order valence-electron chi connectivity index (χ4n) is 14.9. The quantitative estimate of drug-likeness (QED) is 0.0727. The number of carbonyl (C=O) groups is 5. The molecule has 0 radical (unpaired) electrons. The molecule has 3 aliphatic heterocycles. The number of para-hydroxylation sites is 2. The first kappa shape index (κ1) is 80.1. The van der Waals surface area contributed by atoms with Gasteiger partial charge in [0.25, 0.3) is 30.6 Å². The number of hydrogen-bond acceptors (Lipinski definition) is 11. The fraction of sp³-hybridized carbons (Fsp3) is 0.398. The largest absolute Gasteiger partial charge is 0.444 e. The Bertz CT molecular complexity index is 5280. The van der Waals surface area contributed by atoms with Crippen LogP contribution in [0.25, 0.3) is 73.2 Å². The van der Waals surface area contributed by atoms with Crippen molar-refractivity contribution in [3.63, 3.8) is 0 Å². The van der Waals surface area contributed by atoms with E-state index in [0.29, 0.717) is 90.0 Å². The van der Waals surface area contributed by atoms with E-state index < -0.39 is 55.8 Å². The Labute approximate surface area is 647 Å². The van der Waals surface area contributed by atoms with Gasteiger partial charge in [-0.05, 0) is 184 Å². The van der Waals surface area contributed by atoms with Gasteiger partial charge >= 0.3 is 12.2 Å². The predicted octanol–water partition coefficient (Wildman–Crippen LogP) is 16.3. The zero-order valence-corrected chi connectivity index (χ0v) is 65.2. The van der Waals surface area contributed by atoms with E-state index >= 15 is 0 Å². The van der Waals surface area contributed by atoms with Gasteiger partial charge in [-0.15, -0.1) is 0 Å². The summed E-state index contributed by atoms with van der Waals surface area (Å²) < 4.78 is 94.9. The van der Waals surface area contributed by atoms with Gasteiger partial charge in [0.05, 0.1) is 35.5 Å². The predicted molar refractivity (Wildman–Crippen MR) is 421 cm³/mol. The Morgan fingerprint density at radius 1 is 0.514 bits per heavy atom. The minimum atomic E-state index is -2.51. The van der Waals surface area contributed by atoms with Crippen LogP contribution >= 0.6 is 15.9 Å². The molecule has 0 bridgehead atoms. The number of hydrogen-bond donors (Lipinski definition) is 3. The molecule has 0 spiro atoms. The first-order chi connectivity index (χ1) is 52.9. The van der Waals surface area contributed by atoms with E-state index in [-0.39, 0.29) is 41.2 Å². The molecule has 4 N–H and O–H groups in total. The van der Waals surface area contributed by atoms with Crippen molar-refractivity contribution in [1.29, 1.82) is 0 Å². The van der Waals surface area contributed by atoms with Crippen LogP contribution in [0, 0.1) is 20.8 Å². The van der Waals surface area contributed by atoms with Crippen LogP contribution in [0.4, 0.5) is 35.9 Å². The van der Waals surface area contributed by atoms with Crippen LogP contribution in [0.5, 0.6) is 0 Å². The number of halogens is 7. The number of likely N-dealkylation sites (tertiary alicyclic amines) is 3. The SMILES string of the molecule is Cc1c(-c2cc3ccccc3n2CC(F)F)nc2cc(C(=O)N3CCC[C@@H](N)C3)ccn12.Cc1c(-c2cc3ccccc3n2CC(F)F)nc2cc(C(=O)N3CCC[C@@H](NC(=O)OC(C)(C)C)C3)ccn12.Cc1c(C2=Cc3ccccc3C2)nc2cc(C(=O)N3CCC[C@@H](NC(=O)OC(C)(C)C)C3)ccn12.FC(F)CBr. The molecule has 28 heteroatoms. The highest BCUT2D eigenvalue weighted by atomic mass is 79.9. The number of fused-ring (bicyclic) bond motifs is 6. The van der Waals surface area contributed by atoms with Gasteiger partial charge in [-0.3, -0.25) is 14.4 Å². The first-order valence-electron chi connectivity index (χ1n) is 37.3. The molecule has 4 aliphatic rings. The number of nitrogens with one attached hydrogen (secondary N) is 2. The summed E-state index contributed by atoms with van der Waals surface area (Å²) in [4.78, 5) is 83.9. The van der Waals surface area contributed by atoms with Crippen molar-refractivity contribution in [2.24, 2.45) is 5.73 Å². The summed E-state index contributed by atoms with van der Waals surface area (Å²) in [5, 5.41) is 7.32. The molecular weight excluding hydrogens is 1500 g/mol. The van der Waals surface area contributed by atoms with Crippen LogP contribution in [-0.4, -0.2) is 175 Å². The Balaban J connectivity index is 0.000000151.